The van der Waals surface area contributed by atoms with Crippen LogP contribution < -0.4 is 14.8 Å². The molecular weight excluding hydrogens is 499 g/mol. The number of esters is 1. The van der Waals surface area contributed by atoms with Crippen LogP contribution in [0.2, 0.25) is 0 Å². The van der Waals surface area contributed by atoms with E-state index in [-0.39, 0.29) is 47.4 Å². The summed E-state index contributed by atoms with van der Waals surface area (Å²) < 4.78 is 39.8. The number of halogens is 3. The molecule has 0 amide bonds. The van der Waals surface area contributed by atoms with E-state index in [9.17, 15) is 13.6 Å². The number of alkyl halides is 2. The lowest BCUT2D eigenvalue weighted by molar-refractivity contribution is -0.149. The SMILES string of the molecule is CCOC(=O)C1CCCN(C(=NC)NCc2ccc(OC)c(OC(F)F)c2)C1.I. The summed E-state index contributed by atoms with van der Waals surface area (Å²) in [5.74, 6) is 0.487. The van der Waals surface area contributed by atoms with Crippen LogP contribution >= 0.6 is 24.0 Å². The lowest BCUT2D eigenvalue weighted by Crippen LogP contribution is -2.48. The van der Waals surface area contributed by atoms with Crippen molar-refractivity contribution in [2.75, 3.05) is 33.9 Å². The Bertz CT molecular complexity index is 691. The molecule has 10 heteroatoms. The third kappa shape index (κ3) is 7.48. The molecule has 0 radical (unpaired) electrons. The van der Waals surface area contributed by atoms with E-state index >= 15 is 0 Å². The van der Waals surface area contributed by atoms with Crippen molar-refractivity contribution in [1.82, 2.24) is 10.2 Å². The number of piperidine rings is 1. The van der Waals surface area contributed by atoms with Crippen molar-refractivity contribution in [2.24, 2.45) is 10.9 Å². The molecule has 1 fully saturated rings. The Morgan fingerprint density at radius 3 is 2.76 bits per heavy atom. The summed E-state index contributed by atoms with van der Waals surface area (Å²) >= 11 is 0. The average molecular weight is 527 g/mol. The molecule has 7 nitrogen and oxygen atoms in total. The van der Waals surface area contributed by atoms with E-state index in [1.165, 1.54) is 13.2 Å². The summed E-state index contributed by atoms with van der Waals surface area (Å²) in [6.45, 7) is 0.885. The number of carbonyl (C=O) groups is 1. The molecule has 0 saturated carbocycles. The minimum Gasteiger partial charge on any atom is -0.493 e. The zero-order valence-corrected chi connectivity index (χ0v) is 19.2. The number of methoxy groups -OCH3 is 1. The number of nitrogens with zero attached hydrogens (tertiary/aromatic N) is 2. The first-order valence-corrected chi connectivity index (χ1v) is 9.22. The van der Waals surface area contributed by atoms with E-state index in [0.29, 0.717) is 25.7 Å². The van der Waals surface area contributed by atoms with E-state index < -0.39 is 6.61 Å². The molecule has 0 aliphatic carbocycles. The lowest BCUT2D eigenvalue weighted by atomic mass is 9.98. The molecule has 1 unspecified atom stereocenters. The maximum atomic E-state index is 12.6. The average Bonchev–Trinajstić information content (AvgIpc) is 2.68. The highest BCUT2D eigenvalue weighted by molar-refractivity contribution is 14.0. The predicted molar refractivity (Wildman–Crippen MR) is 116 cm³/mol. The number of nitrogens with one attached hydrogen (secondary N) is 1. The molecule has 1 aromatic carbocycles. The van der Waals surface area contributed by atoms with Crippen molar-refractivity contribution in [3.05, 3.63) is 23.8 Å². The largest absolute Gasteiger partial charge is 0.493 e. The number of carbonyl (C=O) groups excluding carboxylic acids is 1. The van der Waals surface area contributed by atoms with Crippen LogP contribution in [0.25, 0.3) is 0 Å². The zero-order valence-electron chi connectivity index (χ0n) is 16.8. The van der Waals surface area contributed by atoms with Gasteiger partial charge in [0.1, 0.15) is 0 Å². The van der Waals surface area contributed by atoms with Gasteiger partial charge in [0, 0.05) is 26.7 Å². The molecule has 29 heavy (non-hydrogen) atoms. The van der Waals surface area contributed by atoms with E-state index in [4.69, 9.17) is 9.47 Å². The minimum absolute atomic E-state index is 0. The normalized spacial score (nSPS) is 16.8. The summed E-state index contributed by atoms with van der Waals surface area (Å²) in [6, 6.07) is 4.84. The van der Waals surface area contributed by atoms with E-state index in [1.54, 1.807) is 26.1 Å². The fourth-order valence-corrected chi connectivity index (χ4v) is 3.15. The van der Waals surface area contributed by atoms with Crippen LogP contribution in [0.1, 0.15) is 25.3 Å². The van der Waals surface area contributed by atoms with Crippen LogP contribution in [0.4, 0.5) is 8.78 Å². The Morgan fingerprint density at radius 2 is 2.14 bits per heavy atom. The van der Waals surface area contributed by atoms with Gasteiger partial charge in [-0.1, -0.05) is 6.07 Å². The zero-order chi connectivity index (χ0) is 20.5. The van der Waals surface area contributed by atoms with E-state index in [1.807, 2.05) is 4.90 Å². The van der Waals surface area contributed by atoms with Gasteiger partial charge in [-0.25, -0.2) is 0 Å². The highest BCUT2D eigenvalue weighted by atomic mass is 127. The highest BCUT2D eigenvalue weighted by Gasteiger charge is 2.28. The standard InChI is InChI=1S/C19H27F2N3O4.HI/c1-4-27-17(25)14-6-5-9-24(12-14)19(22-2)23-11-13-7-8-15(26-3)16(10-13)28-18(20)21;/h7-8,10,14,18H,4-6,9,11-12H2,1-3H3,(H,22,23);1H. The summed E-state index contributed by atoms with van der Waals surface area (Å²) in [7, 11) is 3.05. The second-order valence-electron chi connectivity index (χ2n) is 6.30. The monoisotopic (exact) mass is 527 g/mol. The second kappa shape index (κ2) is 12.7. The van der Waals surface area contributed by atoms with Gasteiger partial charge in [-0.3, -0.25) is 9.79 Å². The number of aliphatic imine (C=N–C) groups is 1. The van der Waals surface area contributed by atoms with Gasteiger partial charge in [-0.2, -0.15) is 8.78 Å². The first kappa shape index (κ1) is 25.2. The van der Waals surface area contributed by atoms with Gasteiger partial charge in [-0.15, -0.1) is 24.0 Å². The fourth-order valence-electron chi connectivity index (χ4n) is 3.15. The van der Waals surface area contributed by atoms with Gasteiger partial charge in [0.05, 0.1) is 19.6 Å². The van der Waals surface area contributed by atoms with Crippen LogP contribution in [0, 0.1) is 5.92 Å². The molecule has 1 saturated heterocycles. The third-order valence-corrected chi connectivity index (χ3v) is 4.45. The Kier molecular flexibility index (Phi) is 11.0. The molecular formula is C19H28F2IN3O4. The maximum Gasteiger partial charge on any atom is 0.387 e. The van der Waals surface area contributed by atoms with Crippen LogP contribution in [0.5, 0.6) is 11.5 Å². The van der Waals surface area contributed by atoms with Crippen LogP contribution in [0.15, 0.2) is 23.2 Å². The summed E-state index contributed by atoms with van der Waals surface area (Å²) in [4.78, 5) is 18.3. The molecule has 1 aromatic rings. The Labute approximate surface area is 186 Å². The first-order valence-electron chi connectivity index (χ1n) is 9.22. The van der Waals surface area contributed by atoms with Crippen LogP contribution in [-0.4, -0.2) is 57.3 Å². The molecule has 1 aliphatic heterocycles. The van der Waals surface area contributed by atoms with Gasteiger partial charge < -0.3 is 24.4 Å². The van der Waals surface area contributed by atoms with Gasteiger partial charge in [0.25, 0.3) is 0 Å². The lowest BCUT2D eigenvalue weighted by Gasteiger charge is -2.34. The van der Waals surface area contributed by atoms with Crippen molar-refractivity contribution >= 4 is 35.9 Å². The first-order chi connectivity index (χ1) is 13.5. The van der Waals surface area contributed by atoms with Gasteiger partial charge in [0.2, 0.25) is 0 Å². The third-order valence-electron chi connectivity index (χ3n) is 4.45. The topological polar surface area (TPSA) is 72.4 Å². The molecule has 0 bridgehead atoms. The molecule has 1 N–H and O–H groups in total. The molecule has 1 aliphatic rings. The number of hydrogen-bond donors (Lipinski definition) is 1. The molecule has 164 valence electrons. The van der Waals surface area contributed by atoms with Crippen molar-refractivity contribution in [3.63, 3.8) is 0 Å². The number of likely N-dealkylation sites (tertiary alicyclic amines) is 1. The van der Waals surface area contributed by atoms with Crippen molar-refractivity contribution in [3.8, 4) is 11.5 Å². The molecule has 2 rings (SSSR count). The Balaban J connectivity index is 0.00000420. The van der Waals surface area contributed by atoms with Crippen LogP contribution in [0.3, 0.4) is 0 Å². The van der Waals surface area contributed by atoms with Crippen molar-refractivity contribution in [1.29, 1.82) is 0 Å². The molecule has 0 aromatic heterocycles. The number of benzene rings is 1. The summed E-state index contributed by atoms with van der Waals surface area (Å²) in [5, 5.41) is 3.20. The Morgan fingerprint density at radius 1 is 1.38 bits per heavy atom. The fraction of sp³-hybridized carbons (Fsp3) is 0.579. The predicted octanol–water partition coefficient (Wildman–Crippen LogP) is 3.27. The number of ether oxygens (including phenoxy) is 3. The number of hydrogen-bond acceptors (Lipinski definition) is 5. The number of rotatable bonds is 7. The quantitative estimate of drug-likeness (QED) is 0.254. The number of guanidine groups is 1. The molecule has 0 spiro atoms. The van der Waals surface area contributed by atoms with Gasteiger partial charge in [-0.05, 0) is 37.5 Å². The van der Waals surface area contributed by atoms with Gasteiger partial charge in [0.15, 0.2) is 17.5 Å². The maximum absolute atomic E-state index is 12.6. The van der Waals surface area contributed by atoms with Crippen LogP contribution in [-0.2, 0) is 16.1 Å². The second-order valence-corrected chi connectivity index (χ2v) is 6.30. The van der Waals surface area contributed by atoms with E-state index in [0.717, 1.165) is 24.9 Å². The minimum atomic E-state index is -2.93. The molecule has 1 atom stereocenters. The molecule has 1 heterocycles. The van der Waals surface area contributed by atoms with Gasteiger partial charge >= 0.3 is 12.6 Å². The highest BCUT2D eigenvalue weighted by Crippen LogP contribution is 2.29. The smallest absolute Gasteiger partial charge is 0.387 e. The van der Waals surface area contributed by atoms with Crippen molar-refractivity contribution < 1.29 is 27.8 Å². The van der Waals surface area contributed by atoms with Crippen molar-refractivity contribution in [2.45, 2.75) is 32.9 Å². The van der Waals surface area contributed by atoms with E-state index in [2.05, 4.69) is 15.0 Å². The Hall–Kier alpha value is -1.85. The summed E-state index contributed by atoms with van der Waals surface area (Å²) in [5.41, 5.74) is 0.733. The summed E-state index contributed by atoms with van der Waals surface area (Å²) in [6.07, 6.45) is 1.65.